The second kappa shape index (κ2) is 5.34. The number of hydrogen-bond donors (Lipinski definition) is 0. The van der Waals surface area contributed by atoms with Crippen LogP contribution in [0.4, 0.5) is 4.79 Å². The van der Waals surface area contributed by atoms with Gasteiger partial charge in [0.15, 0.2) is 9.84 Å². The smallest absolute Gasteiger partial charge is 0.410 e. The minimum absolute atomic E-state index is 0.0781. The van der Waals surface area contributed by atoms with Crippen LogP contribution in [-0.2, 0) is 24.6 Å². The zero-order valence-corrected chi connectivity index (χ0v) is 14.8. The van der Waals surface area contributed by atoms with E-state index < -0.39 is 43.6 Å². The molecule has 0 aromatic carbocycles. The molecule has 0 aromatic heterocycles. The Morgan fingerprint density at radius 3 is 2.18 bits per heavy atom. The zero-order chi connectivity index (χ0) is 16.9. The van der Waals surface area contributed by atoms with Crippen LogP contribution < -0.4 is 0 Å². The minimum Gasteiger partial charge on any atom is -0.444 e. The molecule has 2 fully saturated rings. The highest BCUT2D eigenvalue weighted by atomic mass is 32.2. The number of sulfone groups is 1. The lowest BCUT2D eigenvalue weighted by Crippen LogP contribution is -2.62. The van der Waals surface area contributed by atoms with E-state index in [0.29, 0.717) is 0 Å². The highest BCUT2D eigenvalue weighted by molar-refractivity contribution is 7.92. The molecule has 0 unspecified atom stereocenters. The standard InChI is InChI=1S/C12H22N2O6S2/c1-12(2,3)20-11(15)13-5-6-14(21(4,16)17)10-8-22(18,19)7-9(10)13/h9-10H,5-8H2,1-4H3/t9-,10+/m0/s1. The SMILES string of the molecule is CC(C)(C)OC(=O)N1CCN(S(C)(=O)=O)[C@@H]2CS(=O)(=O)C[C@@H]21. The van der Waals surface area contributed by atoms with Crippen LogP contribution in [0.5, 0.6) is 0 Å². The third-order valence-corrected chi connectivity index (χ3v) is 6.68. The topological polar surface area (TPSA) is 101 Å². The molecule has 1 amide bonds. The molecule has 0 aliphatic carbocycles. The van der Waals surface area contributed by atoms with Gasteiger partial charge in [0.05, 0.1) is 29.8 Å². The average molecular weight is 354 g/mol. The van der Waals surface area contributed by atoms with Gasteiger partial charge in [0.2, 0.25) is 10.0 Å². The maximum atomic E-state index is 12.3. The van der Waals surface area contributed by atoms with Crippen molar-refractivity contribution in [1.82, 2.24) is 9.21 Å². The van der Waals surface area contributed by atoms with E-state index in [1.807, 2.05) is 0 Å². The number of ether oxygens (including phenoxy) is 1. The van der Waals surface area contributed by atoms with Crippen LogP contribution in [0.1, 0.15) is 20.8 Å². The van der Waals surface area contributed by atoms with Crippen molar-refractivity contribution in [2.45, 2.75) is 38.5 Å². The van der Waals surface area contributed by atoms with E-state index in [9.17, 15) is 21.6 Å². The zero-order valence-electron chi connectivity index (χ0n) is 13.1. The third kappa shape index (κ3) is 3.72. The molecular weight excluding hydrogens is 332 g/mol. The molecule has 0 spiro atoms. The van der Waals surface area contributed by atoms with Crippen LogP contribution >= 0.6 is 0 Å². The van der Waals surface area contributed by atoms with E-state index >= 15 is 0 Å². The van der Waals surface area contributed by atoms with Crippen LogP contribution in [0.3, 0.4) is 0 Å². The number of hydrogen-bond acceptors (Lipinski definition) is 6. The summed E-state index contributed by atoms with van der Waals surface area (Å²) in [5.41, 5.74) is -0.696. The molecule has 8 nitrogen and oxygen atoms in total. The highest BCUT2D eigenvalue weighted by Crippen LogP contribution is 2.29. The normalized spacial score (nSPS) is 29.2. The van der Waals surface area contributed by atoms with Gasteiger partial charge in [0.1, 0.15) is 5.60 Å². The monoisotopic (exact) mass is 354 g/mol. The summed E-state index contributed by atoms with van der Waals surface area (Å²) in [6.07, 6.45) is 0.450. The lowest BCUT2D eigenvalue weighted by molar-refractivity contribution is 0.00274. The van der Waals surface area contributed by atoms with Crippen LogP contribution in [0, 0.1) is 0 Å². The quantitative estimate of drug-likeness (QED) is 0.639. The van der Waals surface area contributed by atoms with Crippen molar-refractivity contribution in [2.24, 2.45) is 0 Å². The number of piperazine rings is 1. The number of sulfonamides is 1. The van der Waals surface area contributed by atoms with Gasteiger partial charge in [0.25, 0.3) is 0 Å². The largest absolute Gasteiger partial charge is 0.444 e. The predicted molar refractivity (Wildman–Crippen MR) is 80.7 cm³/mol. The molecule has 10 heteroatoms. The number of amides is 1. The molecule has 2 saturated heterocycles. The van der Waals surface area contributed by atoms with Crippen molar-refractivity contribution in [2.75, 3.05) is 30.9 Å². The van der Waals surface area contributed by atoms with Gasteiger partial charge in [-0.25, -0.2) is 21.6 Å². The summed E-state index contributed by atoms with van der Waals surface area (Å²) < 4.78 is 54.0. The highest BCUT2D eigenvalue weighted by Gasteiger charge is 2.51. The summed E-state index contributed by atoms with van der Waals surface area (Å²) in [5.74, 6) is -0.493. The van der Waals surface area contributed by atoms with Gasteiger partial charge < -0.3 is 9.64 Å². The number of carbonyl (C=O) groups is 1. The van der Waals surface area contributed by atoms with Crippen LogP contribution in [0.2, 0.25) is 0 Å². The molecule has 0 aromatic rings. The van der Waals surface area contributed by atoms with E-state index in [1.165, 1.54) is 9.21 Å². The fourth-order valence-electron chi connectivity index (χ4n) is 2.88. The average Bonchev–Trinajstić information content (AvgIpc) is 2.57. The molecule has 2 atom stereocenters. The number of fused-ring (bicyclic) bond motifs is 1. The Morgan fingerprint density at radius 1 is 1.14 bits per heavy atom. The van der Waals surface area contributed by atoms with E-state index in [2.05, 4.69) is 0 Å². The van der Waals surface area contributed by atoms with Crippen molar-refractivity contribution in [3.63, 3.8) is 0 Å². The molecule has 2 aliphatic rings. The Morgan fingerprint density at radius 2 is 1.68 bits per heavy atom. The molecule has 2 aliphatic heterocycles. The van der Waals surface area contributed by atoms with Gasteiger partial charge in [-0.05, 0) is 20.8 Å². The van der Waals surface area contributed by atoms with Crippen molar-refractivity contribution in [1.29, 1.82) is 0 Å². The molecule has 0 radical (unpaired) electrons. The first-order valence-electron chi connectivity index (χ1n) is 6.97. The first kappa shape index (κ1) is 17.5. The van der Waals surface area contributed by atoms with Crippen LogP contribution in [-0.4, -0.2) is 80.7 Å². The Labute approximate surface area is 131 Å². The van der Waals surface area contributed by atoms with E-state index in [0.717, 1.165) is 6.26 Å². The van der Waals surface area contributed by atoms with Crippen LogP contribution in [0.15, 0.2) is 0 Å². The van der Waals surface area contributed by atoms with Crippen molar-refractivity contribution in [3.8, 4) is 0 Å². The summed E-state index contributed by atoms with van der Waals surface area (Å²) in [7, 11) is -6.91. The minimum atomic E-state index is -3.52. The first-order valence-corrected chi connectivity index (χ1v) is 10.6. The number of nitrogens with zero attached hydrogens (tertiary/aromatic N) is 2. The molecule has 0 saturated carbocycles. The fraction of sp³-hybridized carbons (Fsp3) is 0.917. The van der Waals surface area contributed by atoms with Crippen molar-refractivity contribution < 1.29 is 26.4 Å². The summed E-state index contributed by atoms with van der Waals surface area (Å²) in [6, 6.07) is -1.43. The molecule has 0 bridgehead atoms. The molecule has 2 rings (SSSR count). The molecular formula is C12H22N2O6S2. The summed E-state index contributed by atoms with van der Waals surface area (Å²) in [5, 5.41) is 0. The van der Waals surface area contributed by atoms with E-state index in [4.69, 9.17) is 4.74 Å². The maximum Gasteiger partial charge on any atom is 0.410 e. The third-order valence-electron chi connectivity index (χ3n) is 3.68. The lowest BCUT2D eigenvalue weighted by atomic mass is 10.1. The van der Waals surface area contributed by atoms with Gasteiger partial charge in [-0.15, -0.1) is 0 Å². The Hall–Kier alpha value is -0.870. The van der Waals surface area contributed by atoms with Crippen molar-refractivity contribution in [3.05, 3.63) is 0 Å². The Balaban J connectivity index is 2.29. The predicted octanol–water partition coefficient (Wildman–Crippen LogP) is -0.336. The molecule has 0 N–H and O–H groups in total. The second-order valence-electron chi connectivity index (χ2n) is 6.76. The Kier molecular flexibility index (Phi) is 4.25. The number of carbonyl (C=O) groups excluding carboxylic acids is 1. The molecule has 128 valence electrons. The lowest BCUT2D eigenvalue weighted by Gasteiger charge is -2.42. The van der Waals surface area contributed by atoms with Gasteiger partial charge in [-0.2, -0.15) is 4.31 Å². The van der Waals surface area contributed by atoms with Gasteiger partial charge >= 0.3 is 6.09 Å². The summed E-state index contributed by atoms with van der Waals surface area (Å²) in [6.45, 7) is 5.37. The van der Waals surface area contributed by atoms with E-state index in [1.54, 1.807) is 20.8 Å². The summed E-state index contributed by atoms with van der Waals surface area (Å²) >= 11 is 0. The van der Waals surface area contributed by atoms with Gasteiger partial charge in [-0.3, -0.25) is 0 Å². The van der Waals surface area contributed by atoms with Gasteiger partial charge in [-0.1, -0.05) is 0 Å². The molecule has 22 heavy (non-hydrogen) atoms. The molecule has 2 heterocycles. The maximum absolute atomic E-state index is 12.3. The Bertz CT molecular complexity index is 664. The second-order valence-corrected chi connectivity index (χ2v) is 10.8. The van der Waals surface area contributed by atoms with Crippen LogP contribution in [0.25, 0.3) is 0 Å². The number of rotatable bonds is 1. The van der Waals surface area contributed by atoms with Gasteiger partial charge in [0, 0.05) is 13.1 Å². The summed E-state index contributed by atoms with van der Waals surface area (Å²) in [4.78, 5) is 13.6. The fourth-order valence-corrected chi connectivity index (χ4v) is 6.08. The first-order chi connectivity index (χ1) is 9.80. The van der Waals surface area contributed by atoms with E-state index in [-0.39, 0.29) is 24.6 Å². The van der Waals surface area contributed by atoms with Crippen molar-refractivity contribution >= 4 is 26.0 Å².